The fourth-order valence-corrected chi connectivity index (χ4v) is 4.30. The van der Waals surface area contributed by atoms with Crippen molar-refractivity contribution in [2.45, 2.75) is 25.7 Å². The Morgan fingerprint density at radius 1 is 0.733 bits per heavy atom. The van der Waals surface area contributed by atoms with Gasteiger partial charge in [0.2, 0.25) is 5.91 Å². The molecule has 2 aliphatic rings. The van der Waals surface area contributed by atoms with Crippen LogP contribution < -0.4 is 15.1 Å². The lowest BCUT2D eigenvalue weighted by Gasteiger charge is -2.35. The number of anilines is 3. The number of nitrogens with one attached hydrogen (secondary N) is 1. The van der Waals surface area contributed by atoms with Gasteiger partial charge >= 0.3 is 0 Å². The first-order valence-electron chi connectivity index (χ1n) is 11.1. The Hall–Kier alpha value is -2.60. The number of carbonyl (C=O) groups is 1. The van der Waals surface area contributed by atoms with Gasteiger partial charge < -0.3 is 15.1 Å². The SMILES string of the molecule is O=C(CN1CCN(c2ccc(F)cc2)CC1)Nc1ccc(N2CCCCCC2)cc1. The maximum absolute atomic E-state index is 13.1. The summed E-state index contributed by atoms with van der Waals surface area (Å²) >= 11 is 0. The molecule has 1 N–H and O–H groups in total. The van der Waals surface area contributed by atoms with Crippen LogP contribution in [0.5, 0.6) is 0 Å². The van der Waals surface area contributed by atoms with Crippen LogP contribution in [0.4, 0.5) is 21.5 Å². The van der Waals surface area contributed by atoms with Gasteiger partial charge in [-0.1, -0.05) is 12.8 Å². The predicted molar refractivity (Wildman–Crippen MR) is 121 cm³/mol. The summed E-state index contributed by atoms with van der Waals surface area (Å²) in [4.78, 5) is 19.3. The molecule has 0 bridgehead atoms. The molecule has 0 unspecified atom stereocenters. The first kappa shape index (κ1) is 20.7. The van der Waals surface area contributed by atoms with Crippen LogP contribution in [0.15, 0.2) is 48.5 Å². The highest BCUT2D eigenvalue weighted by atomic mass is 19.1. The van der Waals surface area contributed by atoms with Crippen LogP contribution >= 0.6 is 0 Å². The molecule has 0 atom stereocenters. The summed E-state index contributed by atoms with van der Waals surface area (Å²) in [7, 11) is 0. The summed E-state index contributed by atoms with van der Waals surface area (Å²) in [6.45, 7) is 5.95. The van der Waals surface area contributed by atoms with Crippen molar-refractivity contribution in [3.63, 3.8) is 0 Å². The van der Waals surface area contributed by atoms with Crippen molar-refractivity contribution in [2.24, 2.45) is 0 Å². The van der Waals surface area contributed by atoms with Gasteiger partial charge in [0, 0.05) is 56.3 Å². The first-order valence-corrected chi connectivity index (χ1v) is 11.1. The third-order valence-corrected chi connectivity index (χ3v) is 6.05. The summed E-state index contributed by atoms with van der Waals surface area (Å²) in [6.07, 6.45) is 5.16. The molecule has 5 nitrogen and oxygen atoms in total. The van der Waals surface area contributed by atoms with Gasteiger partial charge in [-0.2, -0.15) is 0 Å². The molecule has 0 aromatic heterocycles. The molecule has 6 heteroatoms. The van der Waals surface area contributed by atoms with Crippen molar-refractivity contribution in [1.29, 1.82) is 0 Å². The molecule has 2 aromatic rings. The Kier molecular flexibility index (Phi) is 6.84. The minimum Gasteiger partial charge on any atom is -0.372 e. The van der Waals surface area contributed by atoms with Gasteiger partial charge in [0.25, 0.3) is 0 Å². The number of hydrogen-bond acceptors (Lipinski definition) is 4. The average Bonchev–Trinajstić information content (AvgIpc) is 3.05. The summed E-state index contributed by atoms with van der Waals surface area (Å²) in [5.74, 6) is -0.193. The summed E-state index contributed by atoms with van der Waals surface area (Å²) in [6, 6.07) is 14.8. The second-order valence-corrected chi connectivity index (χ2v) is 8.24. The fraction of sp³-hybridized carbons (Fsp3) is 0.458. The van der Waals surface area contributed by atoms with Gasteiger partial charge in [-0.25, -0.2) is 4.39 Å². The minimum atomic E-state index is -0.214. The van der Waals surface area contributed by atoms with Crippen molar-refractivity contribution in [3.8, 4) is 0 Å². The molecule has 2 saturated heterocycles. The van der Waals surface area contributed by atoms with Gasteiger partial charge in [0.1, 0.15) is 5.82 Å². The molecular formula is C24H31FN4O. The van der Waals surface area contributed by atoms with Crippen molar-refractivity contribution in [3.05, 3.63) is 54.3 Å². The molecule has 0 spiro atoms. The maximum atomic E-state index is 13.1. The number of benzene rings is 2. The Morgan fingerprint density at radius 2 is 1.27 bits per heavy atom. The van der Waals surface area contributed by atoms with E-state index in [-0.39, 0.29) is 11.7 Å². The fourth-order valence-electron chi connectivity index (χ4n) is 4.30. The zero-order valence-corrected chi connectivity index (χ0v) is 17.5. The number of nitrogens with zero attached hydrogens (tertiary/aromatic N) is 3. The summed E-state index contributed by atoms with van der Waals surface area (Å²) < 4.78 is 13.1. The first-order chi connectivity index (χ1) is 14.7. The van der Waals surface area contributed by atoms with E-state index in [0.717, 1.165) is 50.6 Å². The van der Waals surface area contributed by atoms with Gasteiger partial charge in [0.15, 0.2) is 0 Å². The van der Waals surface area contributed by atoms with E-state index in [1.807, 2.05) is 24.3 Å². The number of piperazine rings is 1. The molecule has 1 amide bonds. The van der Waals surface area contributed by atoms with E-state index in [0.29, 0.717) is 6.54 Å². The molecule has 2 fully saturated rings. The van der Waals surface area contributed by atoms with Crippen LogP contribution in [0.2, 0.25) is 0 Å². The predicted octanol–water partition coefficient (Wildman–Crippen LogP) is 3.97. The molecule has 30 heavy (non-hydrogen) atoms. The standard InChI is InChI=1S/C24H31FN4O/c25-20-5-9-22(10-6-20)29-17-15-27(16-18-29)19-24(30)26-21-7-11-23(12-8-21)28-13-3-1-2-4-14-28/h5-12H,1-4,13-19H2,(H,26,30). The van der Waals surface area contributed by atoms with Gasteiger partial charge in [-0.15, -0.1) is 0 Å². The average molecular weight is 411 g/mol. The highest BCUT2D eigenvalue weighted by molar-refractivity contribution is 5.92. The quantitative estimate of drug-likeness (QED) is 0.810. The second-order valence-electron chi connectivity index (χ2n) is 8.24. The van der Waals surface area contributed by atoms with Crippen molar-refractivity contribution < 1.29 is 9.18 Å². The van der Waals surface area contributed by atoms with Crippen LogP contribution in [-0.4, -0.2) is 56.6 Å². The van der Waals surface area contributed by atoms with E-state index in [4.69, 9.17) is 0 Å². The molecule has 2 heterocycles. The van der Waals surface area contributed by atoms with Gasteiger partial charge in [-0.3, -0.25) is 9.69 Å². The lowest BCUT2D eigenvalue weighted by molar-refractivity contribution is -0.117. The van der Waals surface area contributed by atoms with Crippen LogP contribution in [0.25, 0.3) is 0 Å². The van der Waals surface area contributed by atoms with Gasteiger partial charge in [-0.05, 0) is 61.4 Å². The van der Waals surface area contributed by atoms with Crippen LogP contribution in [0.3, 0.4) is 0 Å². The van der Waals surface area contributed by atoms with Crippen LogP contribution in [-0.2, 0) is 4.79 Å². The van der Waals surface area contributed by atoms with Crippen LogP contribution in [0.1, 0.15) is 25.7 Å². The smallest absolute Gasteiger partial charge is 0.238 e. The normalized spacial score (nSPS) is 18.2. The molecule has 2 aliphatic heterocycles. The molecule has 4 rings (SSSR count). The number of rotatable bonds is 5. The third-order valence-electron chi connectivity index (χ3n) is 6.05. The van der Waals surface area contributed by atoms with Crippen LogP contribution in [0, 0.1) is 5.82 Å². The number of carbonyl (C=O) groups excluding carboxylic acids is 1. The molecular weight excluding hydrogens is 379 g/mol. The molecule has 0 saturated carbocycles. The highest BCUT2D eigenvalue weighted by Gasteiger charge is 2.19. The Morgan fingerprint density at radius 3 is 1.87 bits per heavy atom. The van der Waals surface area contributed by atoms with E-state index in [9.17, 15) is 9.18 Å². The zero-order valence-electron chi connectivity index (χ0n) is 17.5. The molecule has 160 valence electrons. The van der Waals surface area contributed by atoms with E-state index < -0.39 is 0 Å². The highest BCUT2D eigenvalue weighted by Crippen LogP contribution is 2.22. The molecule has 0 radical (unpaired) electrons. The number of amides is 1. The monoisotopic (exact) mass is 410 g/mol. The van der Waals surface area contributed by atoms with E-state index in [1.165, 1.54) is 43.5 Å². The minimum absolute atomic E-state index is 0.0211. The molecule has 0 aliphatic carbocycles. The lowest BCUT2D eigenvalue weighted by Crippen LogP contribution is -2.48. The van der Waals surface area contributed by atoms with Gasteiger partial charge in [0.05, 0.1) is 6.54 Å². The van der Waals surface area contributed by atoms with E-state index in [2.05, 4.69) is 32.1 Å². The lowest BCUT2D eigenvalue weighted by atomic mass is 10.2. The Bertz CT molecular complexity index is 808. The summed E-state index contributed by atoms with van der Waals surface area (Å²) in [5.41, 5.74) is 3.13. The Balaban J connectivity index is 1.23. The Labute approximate surface area is 178 Å². The number of hydrogen-bond donors (Lipinski definition) is 1. The molecule has 2 aromatic carbocycles. The topological polar surface area (TPSA) is 38.8 Å². The van der Waals surface area contributed by atoms with E-state index >= 15 is 0 Å². The largest absolute Gasteiger partial charge is 0.372 e. The van der Waals surface area contributed by atoms with Crippen molar-refractivity contribution >= 4 is 23.0 Å². The van der Waals surface area contributed by atoms with Crippen molar-refractivity contribution in [1.82, 2.24) is 4.90 Å². The van der Waals surface area contributed by atoms with Crippen molar-refractivity contribution in [2.75, 3.05) is 60.9 Å². The van der Waals surface area contributed by atoms with E-state index in [1.54, 1.807) is 0 Å². The second kappa shape index (κ2) is 9.94. The maximum Gasteiger partial charge on any atom is 0.238 e. The third kappa shape index (κ3) is 5.51. The number of halogens is 1. The summed E-state index contributed by atoms with van der Waals surface area (Å²) in [5, 5.41) is 3.03. The zero-order chi connectivity index (χ0) is 20.8.